The Bertz CT molecular complexity index is 1520. The van der Waals surface area contributed by atoms with E-state index < -0.39 is 31.2 Å². The highest BCUT2D eigenvalue weighted by Gasteiger charge is 2.40. The molecular weight excluding hydrogens is 490 g/mol. The summed E-state index contributed by atoms with van der Waals surface area (Å²) in [5.41, 5.74) is 0.421. The lowest BCUT2D eigenvalue weighted by Crippen LogP contribution is -2.29. The van der Waals surface area contributed by atoms with E-state index in [0.717, 1.165) is 22.0 Å². The number of hydrogen-bond donors (Lipinski definition) is 0. The van der Waals surface area contributed by atoms with E-state index in [9.17, 15) is 28.6 Å². The van der Waals surface area contributed by atoms with Gasteiger partial charge in [-0.3, -0.25) is 24.5 Å². The van der Waals surface area contributed by atoms with Gasteiger partial charge in [-0.05, 0) is 48.4 Å². The number of ether oxygens (including phenoxy) is 2. The van der Waals surface area contributed by atoms with Crippen LogP contribution in [0.2, 0.25) is 0 Å². The molecule has 11 nitrogen and oxygen atoms in total. The van der Waals surface area contributed by atoms with Gasteiger partial charge in [0.15, 0.2) is 11.5 Å². The molecule has 0 unspecified atom stereocenters. The van der Waals surface area contributed by atoms with Gasteiger partial charge in [-0.2, -0.15) is 0 Å². The fourth-order valence-electron chi connectivity index (χ4n) is 4.00. The fraction of sp³-hybridized carbons (Fsp3) is 0.167. The topological polar surface area (TPSA) is 142 Å². The first-order valence-corrected chi connectivity index (χ1v) is 12.0. The summed E-state index contributed by atoms with van der Waals surface area (Å²) in [6, 6.07) is 12.9. The Morgan fingerprint density at radius 3 is 2.17 bits per heavy atom. The summed E-state index contributed by atoms with van der Waals surface area (Å²) < 4.78 is 38.7. The van der Waals surface area contributed by atoms with Crippen LogP contribution in [0.5, 0.6) is 11.5 Å². The van der Waals surface area contributed by atoms with Crippen LogP contribution in [0.3, 0.4) is 0 Å². The zero-order chi connectivity index (χ0) is 26.2. The molecule has 3 aromatic rings. The highest BCUT2D eigenvalue weighted by molar-refractivity contribution is 7.92. The number of sulfonamides is 1. The maximum atomic E-state index is 13.6. The molecule has 0 fully saturated rings. The minimum Gasteiger partial charge on any atom is -0.493 e. The van der Waals surface area contributed by atoms with E-state index in [2.05, 4.69) is 0 Å². The third kappa shape index (κ3) is 4.33. The summed E-state index contributed by atoms with van der Waals surface area (Å²) in [6.07, 6.45) is 1.59. The molecule has 0 N–H and O–H groups in total. The number of aryl methyl sites for hydroxylation is 1. The van der Waals surface area contributed by atoms with Crippen molar-refractivity contribution in [1.82, 2.24) is 0 Å². The van der Waals surface area contributed by atoms with E-state index in [4.69, 9.17) is 9.47 Å². The minimum absolute atomic E-state index is 0.00364. The number of hydrogen-bond acceptors (Lipinski definition) is 8. The maximum Gasteiger partial charge on any atom is 0.285 e. The average Bonchev–Trinajstić information content (AvgIpc) is 3.22. The predicted octanol–water partition coefficient (Wildman–Crippen LogP) is 4.58. The molecule has 1 heterocycles. The van der Waals surface area contributed by atoms with Crippen LogP contribution in [-0.2, 0) is 10.0 Å². The monoisotopic (exact) mass is 511 g/mol. The molecule has 4 rings (SSSR count). The van der Waals surface area contributed by atoms with Crippen LogP contribution >= 0.6 is 0 Å². The van der Waals surface area contributed by atoms with Crippen LogP contribution in [0.15, 0.2) is 59.5 Å². The molecule has 0 atom stereocenters. The van der Waals surface area contributed by atoms with E-state index in [-0.39, 0.29) is 22.7 Å². The lowest BCUT2D eigenvalue weighted by molar-refractivity contribution is -0.394. The van der Waals surface area contributed by atoms with Gasteiger partial charge in [-0.15, -0.1) is 0 Å². The molecule has 186 valence electrons. The molecule has 0 amide bonds. The highest BCUT2D eigenvalue weighted by atomic mass is 32.2. The third-order valence-corrected chi connectivity index (χ3v) is 7.52. The predicted molar refractivity (Wildman–Crippen MR) is 133 cm³/mol. The lowest BCUT2D eigenvalue weighted by atomic mass is 10.0. The number of fused-ring (bicyclic) bond motifs is 1. The van der Waals surface area contributed by atoms with Crippen molar-refractivity contribution in [2.24, 2.45) is 0 Å². The minimum atomic E-state index is -4.20. The summed E-state index contributed by atoms with van der Waals surface area (Å²) in [5, 5.41) is 23.4. The van der Waals surface area contributed by atoms with Crippen LogP contribution in [0.25, 0.3) is 11.6 Å². The van der Waals surface area contributed by atoms with Gasteiger partial charge in [-0.1, -0.05) is 23.8 Å². The highest BCUT2D eigenvalue weighted by Crippen LogP contribution is 2.47. The standard InChI is InChI=1S/C24H21N3O8S/c1-15-4-7-19(8-5-15)36(32,33)25-14-17(10-16-6-9-22(34-2)23(11-16)35-3)24-20(25)12-18(26(28)29)13-21(24)27(30)31/h4-13H,14H2,1-3H3/b17-10+. The van der Waals surface area contributed by atoms with Crippen LogP contribution in [-0.4, -0.2) is 39.0 Å². The number of rotatable bonds is 7. The van der Waals surface area contributed by atoms with Crippen molar-refractivity contribution in [1.29, 1.82) is 0 Å². The Morgan fingerprint density at radius 2 is 1.58 bits per heavy atom. The van der Waals surface area contributed by atoms with Gasteiger partial charge < -0.3 is 9.47 Å². The molecule has 0 aromatic heterocycles. The zero-order valence-electron chi connectivity index (χ0n) is 19.5. The summed E-state index contributed by atoms with van der Waals surface area (Å²) in [6.45, 7) is 1.54. The normalized spacial score (nSPS) is 14.0. The molecule has 3 aromatic carbocycles. The molecule has 0 radical (unpaired) electrons. The molecule has 0 saturated carbocycles. The first kappa shape index (κ1) is 24.7. The van der Waals surface area contributed by atoms with E-state index >= 15 is 0 Å². The fourth-order valence-corrected chi connectivity index (χ4v) is 5.45. The molecule has 1 aliphatic rings. The number of non-ortho nitro benzene ring substituents is 1. The van der Waals surface area contributed by atoms with Crippen molar-refractivity contribution in [3.63, 3.8) is 0 Å². The summed E-state index contributed by atoms with van der Waals surface area (Å²) in [7, 11) is -1.26. The number of methoxy groups -OCH3 is 2. The van der Waals surface area contributed by atoms with Gasteiger partial charge >= 0.3 is 0 Å². The molecule has 0 spiro atoms. The van der Waals surface area contributed by atoms with E-state index in [1.165, 1.54) is 26.4 Å². The van der Waals surface area contributed by atoms with E-state index in [0.29, 0.717) is 22.6 Å². The first-order chi connectivity index (χ1) is 17.1. The van der Waals surface area contributed by atoms with Crippen molar-refractivity contribution >= 4 is 38.7 Å². The summed E-state index contributed by atoms with van der Waals surface area (Å²) in [4.78, 5) is 21.9. The Hall–Kier alpha value is -4.45. The number of nitrogens with zero attached hydrogens (tertiary/aromatic N) is 3. The Morgan fingerprint density at radius 1 is 0.917 bits per heavy atom. The zero-order valence-corrected chi connectivity index (χ0v) is 20.3. The van der Waals surface area contributed by atoms with Gasteiger partial charge in [0, 0.05) is 6.07 Å². The average molecular weight is 512 g/mol. The SMILES string of the molecule is COc1ccc(/C=C2\CN(S(=O)(=O)c3ccc(C)cc3)c3cc([N+](=O)[O-])cc([N+](=O)[O-])c32)cc1OC. The lowest BCUT2D eigenvalue weighted by Gasteiger charge is -2.19. The third-order valence-electron chi connectivity index (χ3n) is 5.75. The van der Waals surface area contributed by atoms with E-state index in [1.54, 1.807) is 43.3 Å². The molecule has 12 heteroatoms. The second-order valence-electron chi connectivity index (χ2n) is 7.98. The van der Waals surface area contributed by atoms with E-state index in [1.807, 2.05) is 0 Å². The van der Waals surface area contributed by atoms with Crippen molar-refractivity contribution in [2.45, 2.75) is 11.8 Å². The molecule has 36 heavy (non-hydrogen) atoms. The first-order valence-electron chi connectivity index (χ1n) is 10.6. The van der Waals surface area contributed by atoms with Crippen molar-refractivity contribution in [2.75, 3.05) is 25.1 Å². The number of anilines is 1. The van der Waals surface area contributed by atoms with Gasteiger partial charge in [0.05, 0.1) is 52.8 Å². The molecule has 1 aliphatic heterocycles. The van der Waals surface area contributed by atoms with Crippen LogP contribution in [0.1, 0.15) is 16.7 Å². The molecule has 0 aliphatic carbocycles. The van der Waals surface area contributed by atoms with Crippen LogP contribution < -0.4 is 13.8 Å². The van der Waals surface area contributed by atoms with Gasteiger partial charge in [0.1, 0.15) is 0 Å². The van der Waals surface area contributed by atoms with Crippen molar-refractivity contribution in [3.8, 4) is 11.5 Å². The molecule has 0 saturated heterocycles. The second kappa shape index (κ2) is 9.30. The maximum absolute atomic E-state index is 13.6. The molecular formula is C24H21N3O8S. The van der Waals surface area contributed by atoms with Crippen molar-refractivity contribution in [3.05, 3.63) is 91.5 Å². The quantitative estimate of drug-likeness (QED) is 0.331. The van der Waals surface area contributed by atoms with Gasteiger partial charge in [0.25, 0.3) is 21.4 Å². The Balaban J connectivity index is 1.96. The molecule has 0 bridgehead atoms. The summed E-state index contributed by atoms with van der Waals surface area (Å²) >= 11 is 0. The smallest absolute Gasteiger partial charge is 0.285 e. The van der Waals surface area contributed by atoms with Gasteiger partial charge in [-0.25, -0.2) is 8.42 Å². The summed E-state index contributed by atoms with van der Waals surface area (Å²) in [5.74, 6) is 0.879. The van der Waals surface area contributed by atoms with Gasteiger partial charge in [0.2, 0.25) is 0 Å². The second-order valence-corrected chi connectivity index (χ2v) is 9.84. The Kier molecular flexibility index (Phi) is 6.37. The number of nitro benzene ring substituents is 2. The van der Waals surface area contributed by atoms with Crippen LogP contribution in [0, 0.1) is 27.2 Å². The largest absolute Gasteiger partial charge is 0.493 e. The van der Waals surface area contributed by atoms with Crippen molar-refractivity contribution < 1.29 is 27.7 Å². The number of nitro groups is 2. The Labute approximate surface area is 206 Å². The van der Waals surface area contributed by atoms with Crippen LogP contribution in [0.4, 0.5) is 17.1 Å². The number of benzene rings is 3.